The van der Waals surface area contributed by atoms with Gasteiger partial charge in [-0.05, 0) is 56.1 Å². The van der Waals surface area contributed by atoms with E-state index in [1.807, 2.05) is 35.2 Å². The van der Waals surface area contributed by atoms with Gasteiger partial charge in [-0.15, -0.1) is 0 Å². The van der Waals surface area contributed by atoms with E-state index in [0.717, 1.165) is 12.1 Å². The van der Waals surface area contributed by atoms with E-state index in [9.17, 15) is 14.4 Å². The molecule has 0 radical (unpaired) electrons. The first kappa shape index (κ1) is 26.1. The van der Waals surface area contributed by atoms with Crippen molar-refractivity contribution in [1.29, 1.82) is 0 Å². The lowest BCUT2D eigenvalue weighted by Gasteiger charge is -2.43. The van der Waals surface area contributed by atoms with Crippen molar-refractivity contribution in [2.45, 2.75) is 89.0 Å². The van der Waals surface area contributed by atoms with Gasteiger partial charge >= 0.3 is 0 Å². The summed E-state index contributed by atoms with van der Waals surface area (Å²) in [5.41, 5.74) is 0.315. The number of hydrogen-bond donors (Lipinski definition) is 1. The maximum Gasteiger partial charge on any atom is 0.250 e. The molecule has 4 aliphatic rings. The molecule has 2 aliphatic carbocycles. The summed E-state index contributed by atoms with van der Waals surface area (Å²) < 4.78 is 0. The van der Waals surface area contributed by atoms with Crippen LogP contribution in [0.25, 0.3) is 0 Å². The maximum atomic E-state index is 13.9. The first-order valence-electron chi connectivity index (χ1n) is 14.7. The second-order valence-electron chi connectivity index (χ2n) is 11.8. The zero-order valence-corrected chi connectivity index (χ0v) is 22.3. The third-order valence-corrected chi connectivity index (χ3v) is 9.41. The second-order valence-corrected chi connectivity index (χ2v) is 11.8. The third-order valence-electron chi connectivity index (χ3n) is 9.41. The van der Waals surface area contributed by atoms with Crippen LogP contribution in [0.4, 0.5) is 5.69 Å². The summed E-state index contributed by atoms with van der Waals surface area (Å²) >= 11 is 0. The number of piperidine rings is 1. The number of para-hydroxylation sites is 1. The number of rotatable bonds is 8. The van der Waals surface area contributed by atoms with Gasteiger partial charge in [-0.1, -0.05) is 63.1 Å². The third kappa shape index (κ3) is 5.96. The predicted octanol–water partition coefficient (Wildman–Crippen LogP) is 4.32. The van der Waals surface area contributed by atoms with Crippen LogP contribution in [-0.2, 0) is 14.4 Å². The molecule has 3 amide bonds. The fourth-order valence-electron chi connectivity index (χ4n) is 7.11. The molecule has 7 nitrogen and oxygen atoms in total. The van der Waals surface area contributed by atoms with Crippen LogP contribution in [0.3, 0.4) is 0 Å². The second kappa shape index (κ2) is 11.9. The molecule has 0 atom stereocenters. The number of hydrogen-bond acceptors (Lipinski definition) is 4. The molecule has 7 heteroatoms. The Balaban J connectivity index is 1.21. The monoisotopic (exact) mass is 508 g/mol. The van der Waals surface area contributed by atoms with Gasteiger partial charge in [0.05, 0.1) is 6.67 Å². The average molecular weight is 509 g/mol. The molecule has 1 spiro atoms. The van der Waals surface area contributed by atoms with E-state index < -0.39 is 5.54 Å². The fraction of sp³-hybridized carbons (Fsp3) is 0.700. The lowest BCUT2D eigenvalue weighted by Crippen LogP contribution is -2.57. The van der Waals surface area contributed by atoms with E-state index in [2.05, 4.69) is 10.2 Å². The van der Waals surface area contributed by atoms with Crippen molar-refractivity contribution in [1.82, 2.24) is 15.1 Å². The van der Waals surface area contributed by atoms with E-state index in [-0.39, 0.29) is 24.3 Å². The van der Waals surface area contributed by atoms with Crippen LogP contribution in [0.2, 0.25) is 0 Å². The number of amides is 3. The lowest BCUT2D eigenvalue weighted by atomic mass is 9.85. The number of benzene rings is 1. The Morgan fingerprint density at radius 2 is 1.54 bits per heavy atom. The summed E-state index contributed by atoms with van der Waals surface area (Å²) in [6.45, 7) is 2.42. The number of nitrogens with one attached hydrogen (secondary N) is 1. The van der Waals surface area contributed by atoms with Gasteiger partial charge in [0, 0.05) is 31.7 Å². The summed E-state index contributed by atoms with van der Waals surface area (Å²) in [6.07, 6.45) is 14.1. The van der Waals surface area contributed by atoms with E-state index in [1.165, 1.54) is 57.8 Å². The van der Waals surface area contributed by atoms with Gasteiger partial charge in [0.2, 0.25) is 11.8 Å². The molecule has 1 aromatic carbocycles. The molecular formula is C30H44N4O3. The molecule has 4 fully saturated rings. The number of anilines is 1. The van der Waals surface area contributed by atoms with Gasteiger partial charge in [-0.3, -0.25) is 14.4 Å². The summed E-state index contributed by atoms with van der Waals surface area (Å²) in [5, 5.41) is 3.10. The SMILES string of the molecule is O=C(CN1CN(c2ccccc2)C2(CCN(C(=O)CCC3CCCC3)CC2)C1=O)NCC1CCCCC1. The Morgan fingerprint density at radius 1 is 0.892 bits per heavy atom. The highest BCUT2D eigenvalue weighted by Gasteiger charge is 2.54. The largest absolute Gasteiger partial charge is 0.354 e. The molecule has 202 valence electrons. The minimum Gasteiger partial charge on any atom is -0.354 e. The highest BCUT2D eigenvalue weighted by molar-refractivity contribution is 5.96. The van der Waals surface area contributed by atoms with Gasteiger partial charge in [0.15, 0.2) is 0 Å². The van der Waals surface area contributed by atoms with Crippen molar-refractivity contribution in [2.75, 3.05) is 37.7 Å². The first-order chi connectivity index (χ1) is 18.0. The highest BCUT2D eigenvalue weighted by Crippen LogP contribution is 2.39. The number of carbonyl (C=O) groups is 3. The molecule has 5 rings (SSSR count). The van der Waals surface area contributed by atoms with Crippen LogP contribution < -0.4 is 10.2 Å². The van der Waals surface area contributed by atoms with Crippen LogP contribution in [0.15, 0.2) is 30.3 Å². The van der Waals surface area contributed by atoms with Gasteiger partial charge in [-0.25, -0.2) is 0 Å². The molecule has 1 N–H and O–H groups in total. The van der Waals surface area contributed by atoms with Crippen LogP contribution in [0.1, 0.15) is 83.5 Å². The highest BCUT2D eigenvalue weighted by atomic mass is 16.2. The molecule has 0 bridgehead atoms. The molecule has 1 aromatic rings. The van der Waals surface area contributed by atoms with Gasteiger partial charge in [0.1, 0.15) is 12.1 Å². The van der Waals surface area contributed by atoms with E-state index in [4.69, 9.17) is 0 Å². The zero-order chi connectivity index (χ0) is 25.7. The molecular weight excluding hydrogens is 464 g/mol. The molecule has 2 saturated heterocycles. The topological polar surface area (TPSA) is 73.0 Å². The van der Waals surface area contributed by atoms with Crippen molar-refractivity contribution in [3.8, 4) is 0 Å². The Kier molecular flexibility index (Phi) is 8.36. The minimum absolute atomic E-state index is 0.0298. The maximum absolute atomic E-state index is 13.9. The summed E-state index contributed by atoms with van der Waals surface area (Å²) in [5.74, 6) is 1.47. The molecule has 0 unspecified atom stereocenters. The Bertz CT molecular complexity index is 931. The lowest BCUT2D eigenvalue weighted by molar-refractivity contribution is -0.140. The van der Waals surface area contributed by atoms with Crippen molar-refractivity contribution < 1.29 is 14.4 Å². The van der Waals surface area contributed by atoms with Crippen LogP contribution >= 0.6 is 0 Å². The number of nitrogens with zero attached hydrogens (tertiary/aromatic N) is 3. The van der Waals surface area contributed by atoms with Crippen molar-refractivity contribution in [3.63, 3.8) is 0 Å². The van der Waals surface area contributed by atoms with E-state index >= 15 is 0 Å². The molecule has 2 saturated carbocycles. The number of likely N-dealkylation sites (tertiary alicyclic amines) is 1. The van der Waals surface area contributed by atoms with Crippen LogP contribution in [0, 0.1) is 11.8 Å². The molecule has 2 aliphatic heterocycles. The summed E-state index contributed by atoms with van der Waals surface area (Å²) in [6, 6.07) is 10.1. The van der Waals surface area contributed by atoms with Crippen LogP contribution in [0.5, 0.6) is 0 Å². The zero-order valence-electron chi connectivity index (χ0n) is 22.3. The predicted molar refractivity (Wildman–Crippen MR) is 145 cm³/mol. The van der Waals surface area contributed by atoms with E-state index in [1.54, 1.807) is 4.90 Å². The summed E-state index contributed by atoms with van der Waals surface area (Å²) in [4.78, 5) is 45.6. The molecule has 37 heavy (non-hydrogen) atoms. The molecule has 2 heterocycles. The van der Waals surface area contributed by atoms with Gasteiger partial charge in [-0.2, -0.15) is 0 Å². The van der Waals surface area contributed by atoms with Crippen molar-refractivity contribution in [3.05, 3.63) is 30.3 Å². The first-order valence-corrected chi connectivity index (χ1v) is 14.7. The molecule has 0 aromatic heterocycles. The quantitative estimate of drug-likeness (QED) is 0.568. The number of carbonyl (C=O) groups excluding carboxylic acids is 3. The fourth-order valence-corrected chi connectivity index (χ4v) is 7.11. The van der Waals surface area contributed by atoms with Gasteiger partial charge in [0.25, 0.3) is 5.91 Å². The van der Waals surface area contributed by atoms with Crippen molar-refractivity contribution in [2.24, 2.45) is 11.8 Å². The van der Waals surface area contributed by atoms with Crippen LogP contribution in [-0.4, -0.2) is 65.9 Å². The average Bonchev–Trinajstić information content (AvgIpc) is 3.55. The minimum atomic E-state index is -0.687. The van der Waals surface area contributed by atoms with Crippen molar-refractivity contribution >= 4 is 23.4 Å². The Morgan fingerprint density at radius 3 is 2.24 bits per heavy atom. The van der Waals surface area contributed by atoms with Gasteiger partial charge < -0.3 is 20.0 Å². The smallest absolute Gasteiger partial charge is 0.250 e. The summed E-state index contributed by atoms with van der Waals surface area (Å²) in [7, 11) is 0. The Labute approximate surface area is 221 Å². The Hall–Kier alpha value is -2.57. The van der Waals surface area contributed by atoms with E-state index in [0.29, 0.717) is 57.4 Å². The standard InChI is InChI=1S/C30H44N4O3/c35-27(31-21-25-11-3-1-4-12-25)22-33-23-34(26-13-5-2-6-14-26)30(29(33)37)17-19-32(20-18-30)28(36)16-15-24-9-7-8-10-24/h2,5-6,13-14,24-25H,1,3-4,7-12,15-23H2,(H,31,35). The normalized spacial score (nSPS) is 22.7.